The number of aromatic nitrogens is 1. The lowest BCUT2D eigenvalue weighted by atomic mass is 10.1. The van der Waals surface area contributed by atoms with Crippen LogP contribution in [0.1, 0.15) is 24.2 Å². The third-order valence-electron chi connectivity index (χ3n) is 4.01. The number of thiophene rings is 1. The van der Waals surface area contributed by atoms with E-state index in [1.807, 2.05) is 17.5 Å². The van der Waals surface area contributed by atoms with Crippen LogP contribution in [-0.2, 0) is 11.2 Å². The first-order valence-corrected chi connectivity index (χ1v) is 9.30. The van der Waals surface area contributed by atoms with Crippen molar-refractivity contribution in [3.8, 4) is 11.6 Å². The number of carbonyl (C=O) groups excluding carboxylic acids is 1. The molecule has 1 unspecified atom stereocenters. The number of benzene rings is 1. The van der Waals surface area contributed by atoms with Gasteiger partial charge in [0.25, 0.3) is 0 Å². The number of Topliss-reactive ketones (excluding diaryl/α,β-unsaturated/α-hetero) is 1. The molecule has 25 heavy (non-hydrogen) atoms. The van der Waals surface area contributed by atoms with Gasteiger partial charge in [-0.05, 0) is 30.0 Å². The van der Waals surface area contributed by atoms with Gasteiger partial charge in [0.15, 0.2) is 6.10 Å². The molecule has 0 aliphatic carbocycles. The maximum Gasteiger partial charge on any atom is 0.220 e. The van der Waals surface area contributed by atoms with Gasteiger partial charge in [-0.1, -0.05) is 23.2 Å². The van der Waals surface area contributed by atoms with Gasteiger partial charge in [-0.15, -0.1) is 11.3 Å². The molecule has 1 atom stereocenters. The Bertz CT molecular complexity index is 986. The summed E-state index contributed by atoms with van der Waals surface area (Å²) in [6.45, 7) is 1.93. The highest BCUT2D eigenvalue weighted by Gasteiger charge is 2.28. The van der Waals surface area contributed by atoms with Crippen LogP contribution >= 0.6 is 34.5 Å². The Balaban J connectivity index is 1.72. The summed E-state index contributed by atoms with van der Waals surface area (Å²) in [5.41, 5.74) is 1.78. The van der Waals surface area contributed by atoms with Crippen molar-refractivity contribution in [2.45, 2.75) is 19.4 Å². The van der Waals surface area contributed by atoms with Gasteiger partial charge in [0, 0.05) is 24.1 Å². The van der Waals surface area contributed by atoms with Crippen LogP contribution in [0.3, 0.4) is 0 Å². The Morgan fingerprint density at radius 3 is 3.12 bits per heavy atom. The molecule has 1 aliphatic rings. The average Bonchev–Trinajstić information content (AvgIpc) is 3.17. The molecule has 0 radical (unpaired) electrons. The van der Waals surface area contributed by atoms with Crippen molar-refractivity contribution in [3.63, 3.8) is 0 Å². The summed E-state index contributed by atoms with van der Waals surface area (Å²) < 4.78 is 12.4. The van der Waals surface area contributed by atoms with Gasteiger partial charge < -0.3 is 9.47 Å². The second-order valence-corrected chi connectivity index (χ2v) is 7.49. The third-order valence-corrected chi connectivity index (χ3v) is 5.84. The molecule has 0 bridgehead atoms. The molecule has 0 saturated heterocycles. The summed E-state index contributed by atoms with van der Waals surface area (Å²) in [4.78, 5) is 15.6. The summed E-state index contributed by atoms with van der Waals surface area (Å²) in [7, 11) is 0. The fourth-order valence-corrected chi connectivity index (χ4v) is 4.65. The Hall–Kier alpha value is -1.82. The Labute approximate surface area is 158 Å². The zero-order valence-corrected chi connectivity index (χ0v) is 15.5. The molecule has 0 N–H and O–H groups in total. The monoisotopic (exact) mass is 393 g/mol. The van der Waals surface area contributed by atoms with Crippen molar-refractivity contribution < 1.29 is 14.3 Å². The third kappa shape index (κ3) is 2.97. The van der Waals surface area contributed by atoms with E-state index in [4.69, 9.17) is 32.7 Å². The highest BCUT2D eigenvalue weighted by Crippen LogP contribution is 2.45. The number of pyridine rings is 1. The van der Waals surface area contributed by atoms with Crippen LogP contribution < -0.4 is 9.47 Å². The molecule has 0 fully saturated rings. The van der Waals surface area contributed by atoms with Gasteiger partial charge >= 0.3 is 0 Å². The summed E-state index contributed by atoms with van der Waals surface area (Å²) in [5, 5.41) is 3.77. The molecule has 4 rings (SSSR count). The van der Waals surface area contributed by atoms with E-state index in [1.165, 1.54) is 11.3 Å². The second-order valence-electron chi connectivity index (χ2n) is 5.83. The average molecular weight is 394 g/mol. The van der Waals surface area contributed by atoms with Crippen LogP contribution in [0.5, 0.6) is 11.6 Å². The molecular formula is C18H13Cl2NO3S. The Morgan fingerprint density at radius 2 is 2.32 bits per heavy atom. The van der Waals surface area contributed by atoms with E-state index >= 15 is 0 Å². The first-order valence-electron chi connectivity index (χ1n) is 7.66. The summed E-state index contributed by atoms with van der Waals surface area (Å²) >= 11 is 14.5. The number of halogens is 2. The molecule has 3 aromatic rings. The summed E-state index contributed by atoms with van der Waals surface area (Å²) in [5.74, 6) is 1.16. The van der Waals surface area contributed by atoms with Crippen LogP contribution in [0.15, 0.2) is 29.8 Å². The molecule has 1 aliphatic heterocycles. The van der Waals surface area contributed by atoms with E-state index in [9.17, 15) is 4.79 Å². The largest absolute Gasteiger partial charge is 0.480 e. The number of nitrogens with zero attached hydrogens (tertiary/aromatic N) is 1. The van der Waals surface area contributed by atoms with E-state index in [-0.39, 0.29) is 11.9 Å². The number of ketones is 1. The van der Waals surface area contributed by atoms with E-state index in [2.05, 4.69) is 4.98 Å². The maximum atomic E-state index is 11.4. The normalized spacial score (nSPS) is 15.9. The number of hydrogen-bond acceptors (Lipinski definition) is 5. The van der Waals surface area contributed by atoms with Crippen molar-refractivity contribution in [2.24, 2.45) is 0 Å². The molecule has 7 heteroatoms. The predicted molar refractivity (Wildman–Crippen MR) is 99.3 cm³/mol. The Morgan fingerprint density at radius 1 is 1.48 bits per heavy atom. The predicted octanol–water partition coefficient (Wildman–Crippen LogP) is 5.25. The van der Waals surface area contributed by atoms with Crippen LogP contribution in [0.25, 0.3) is 10.1 Å². The van der Waals surface area contributed by atoms with Crippen LogP contribution in [0.4, 0.5) is 0 Å². The van der Waals surface area contributed by atoms with Gasteiger partial charge in [-0.2, -0.15) is 0 Å². The molecule has 1 aromatic carbocycles. The number of rotatable bonds is 4. The van der Waals surface area contributed by atoms with Crippen molar-refractivity contribution in [1.82, 2.24) is 4.98 Å². The minimum atomic E-state index is -0.286. The first kappa shape index (κ1) is 16.6. The molecule has 3 heterocycles. The molecule has 128 valence electrons. The fraction of sp³-hybridized carbons (Fsp3) is 0.222. The zero-order chi connectivity index (χ0) is 17.6. The van der Waals surface area contributed by atoms with Crippen molar-refractivity contribution in [1.29, 1.82) is 0 Å². The summed E-state index contributed by atoms with van der Waals surface area (Å²) in [6, 6.07) is 5.47. The minimum absolute atomic E-state index is 0.0828. The minimum Gasteiger partial charge on any atom is -0.480 e. The SMILES string of the molecule is CC(=O)Cc1csc2c(Cl)c(OC3COc4ncccc43)cc(Cl)c12. The number of fused-ring (bicyclic) bond motifs is 2. The van der Waals surface area contributed by atoms with Crippen LogP contribution in [-0.4, -0.2) is 17.4 Å². The maximum absolute atomic E-state index is 11.4. The van der Waals surface area contributed by atoms with E-state index in [0.29, 0.717) is 34.7 Å². The van der Waals surface area contributed by atoms with Crippen LogP contribution in [0, 0.1) is 0 Å². The van der Waals surface area contributed by atoms with Crippen molar-refractivity contribution in [3.05, 3.63) is 50.9 Å². The van der Waals surface area contributed by atoms with Gasteiger partial charge in [0.1, 0.15) is 23.2 Å². The van der Waals surface area contributed by atoms with E-state index in [0.717, 1.165) is 21.2 Å². The molecule has 2 aromatic heterocycles. The van der Waals surface area contributed by atoms with Crippen molar-refractivity contribution >= 4 is 50.4 Å². The molecule has 4 nitrogen and oxygen atoms in total. The van der Waals surface area contributed by atoms with Gasteiger partial charge in [-0.3, -0.25) is 4.79 Å². The lowest BCUT2D eigenvalue weighted by Gasteiger charge is -2.15. The van der Waals surface area contributed by atoms with Crippen molar-refractivity contribution in [2.75, 3.05) is 6.61 Å². The molecule has 0 spiro atoms. The quantitative estimate of drug-likeness (QED) is 0.607. The highest BCUT2D eigenvalue weighted by atomic mass is 35.5. The second kappa shape index (κ2) is 6.48. The molecule has 0 saturated carbocycles. The lowest BCUT2D eigenvalue weighted by molar-refractivity contribution is -0.116. The molecular weight excluding hydrogens is 381 g/mol. The molecule has 0 amide bonds. The van der Waals surface area contributed by atoms with Gasteiger partial charge in [0.2, 0.25) is 5.88 Å². The topological polar surface area (TPSA) is 48.4 Å². The fourth-order valence-electron chi connectivity index (χ4n) is 2.93. The van der Waals surface area contributed by atoms with E-state index < -0.39 is 0 Å². The van der Waals surface area contributed by atoms with Crippen LogP contribution in [0.2, 0.25) is 10.0 Å². The van der Waals surface area contributed by atoms with E-state index in [1.54, 1.807) is 19.2 Å². The summed E-state index contributed by atoms with van der Waals surface area (Å²) in [6.07, 6.45) is 1.73. The standard InChI is InChI=1S/C18H13Cl2NO3S/c1-9(22)5-10-8-25-17-15(10)12(19)6-13(16(17)20)24-14-7-23-18-11(14)3-2-4-21-18/h2-4,6,8,14H,5,7H2,1H3. The smallest absolute Gasteiger partial charge is 0.220 e. The number of hydrogen-bond donors (Lipinski definition) is 0. The number of carbonyl (C=O) groups is 1. The number of ether oxygens (including phenoxy) is 2. The first-order chi connectivity index (χ1) is 12.0. The lowest BCUT2D eigenvalue weighted by Crippen LogP contribution is -2.09. The zero-order valence-electron chi connectivity index (χ0n) is 13.2. The van der Waals surface area contributed by atoms with Gasteiger partial charge in [-0.25, -0.2) is 4.98 Å². The highest BCUT2D eigenvalue weighted by molar-refractivity contribution is 7.18. The van der Waals surface area contributed by atoms with Gasteiger partial charge in [0.05, 0.1) is 15.3 Å². The Kier molecular flexibility index (Phi) is 4.31.